The number of thiophene rings is 1. The predicted molar refractivity (Wildman–Crippen MR) is 110 cm³/mol. The van der Waals surface area contributed by atoms with Gasteiger partial charge in [0.15, 0.2) is 0 Å². The van der Waals surface area contributed by atoms with Crippen molar-refractivity contribution in [2.75, 3.05) is 20.3 Å². The lowest BCUT2D eigenvalue weighted by Crippen LogP contribution is -2.52. The van der Waals surface area contributed by atoms with Crippen molar-refractivity contribution in [3.63, 3.8) is 0 Å². The quantitative estimate of drug-likeness (QED) is 0.308. The largest absolute Gasteiger partial charge is 0.441 e. The monoisotopic (exact) mass is 480 g/mol. The average molecular weight is 480 g/mol. The summed E-state index contributed by atoms with van der Waals surface area (Å²) in [4.78, 5) is 14.1. The Hall–Kier alpha value is -1.71. The molecule has 172 valence electrons. The van der Waals surface area contributed by atoms with Crippen molar-refractivity contribution in [2.24, 2.45) is 0 Å². The Morgan fingerprint density at radius 1 is 1.06 bits per heavy atom. The van der Waals surface area contributed by atoms with Crippen LogP contribution in [0, 0.1) is 6.92 Å². The van der Waals surface area contributed by atoms with E-state index in [1.54, 1.807) is 26.8 Å². The number of benzene rings is 1. The first-order valence-electron chi connectivity index (χ1n) is 9.39. The minimum absolute atomic E-state index is 0.0664. The molecule has 0 aliphatic carbocycles. The highest BCUT2D eigenvalue weighted by molar-refractivity contribution is 7.54. The summed E-state index contributed by atoms with van der Waals surface area (Å²) in [5.41, 5.74) is -3.90. The number of hydrogen-bond donors (Lipinski definition) is 0. The zero-order valence-electron chi connectivity index (χ0n) is 17.5. The standard InChI is InChI=1S/C20H24F3O6PS/c1-5-27-30(25,28-6-2)17(16-13-12-14(3)31-16)29-18(24)19(26-4,20(21,22)23)15-10-8-7-9-11-15/h7-13,17H,5-6H2,1-4H3/t17-,19+/m0/s1. The summed E-state index contributed by atoms with van der Waals surface area (Å²) in [6.45, 7) is 4.71. The lowest BCUT2D eigenvalue weighted by molar-refractivity contribution is -0.277. The van der Waals surface area contributed by atoms with Crippen molar-refractivity contribution in [3.05, 3.63) is 57.8 Å². The van der Waals surface area contributed by atoms with Crippen LogP contribution in [0.2, 0.25) is 0 Å². The molecule has 1 heterocycles. The molecule has 0 aliphatic rings. The highest BCUT2D eigenvalue weighted by atomic mass is 32.1. The van der Waals surface area contributed by atoms with Gasteiger partial charge >= 0.3 is 19.7 Å². The second-order valence-electron chi connectivity index (χ2n) is 6.33. The van der Waals surface area contributed by atoms with E-state index in [-0.39, 0.29) is 18.1 Å². The fourth-order valence-electron chi connectivity index (χ4n) is 2.97. The number of rotatable bonds is 10. The summed E-state index contributed by atoms with van der Waals surface area (Å²) in [5.74, 6) is -3.47. The number of halogens is 3. The number of ether oxygens (including phenoxy) is 2. The van der Waals surface area contributed by atoms with E-state index in [4.69, 9.17) is 18.5 Å². The van der Waals surface area contributed by atoms with Gasteiger partial charge in [0.1, 0.15) is 0 Å². The maximum atomic E-state index is 14.2. The summed E-state index contributed by atoms with van der Waals surface area (Å²) >= 11 is 1.11. The molecule has 0 bridgehead atoms. The summed E-state index contributed by atoms with van der Waals surface area (Å²) in [6, 6.07) is 9.56. The van der Waals surface area contributed by atoms with Crippen molar-refractivity contribution in [3.8, 4) is 0 Å². The average Bonchev–Trinajstić information content (AvgIpc) is 3.13. The van der Waals surface area contributed by atoms with Gasteiger partial charge in [0.25, 0.3) is 5.60 Å². The Morgan fingerprint density at radius 2 is 1.65 bits per heavy atom. The van der Waals surface area contributed by atoms with E-state index in [0.29, 0.717) is 0 Å². The van der Waals surface area contributed by atoms with Gasteiger partial charge in [-0.05, 0) is 32.9 Å². The van der Waals surface area contributed by atoms with Gasteiger partial charge in [-0.3, -0.25) is 4.57 Å². The first-order valence-corrected chi connectivity index (χ1v) is 11.8. The minimum Gasteiger partial charge on any atom is -0.441 e. The van der Waals surface area contributed by atoms with Gasteiger partial charge in [0.05, 0.1) is 18.1 Å². The maximum absolute atomic E-state index is 14.2. The highest BCUT2D eigenvalue weighted by Crippen LogP contribution is 2.63. The molecule has 2 rings (SSSR count). The molecule has 6 nitrogen and oxygen atoms in total. The molecule has 0 unspecified atom stereocenters. The number of aryl methyl sites for hydroxylation is 1. The highest BCUT2D eigenvalue weighted by Gasteiger charge is 2.65. The van der Waals surface area contributed by atoms with Crippen molar-refractivity contribution in [2.45, 2.75) is 38.4 Å². The first-order chi connectivity index (χ1) is 14.6. The molecule has 0 radical (unpaired) electrons. The topological polar surface area (TPSA) is 71.1 Å². The van der Waals surface area contributed by atoms with E-state index < -0.39 is 36.8 Å². The zero-order valence-corrected chi connectivity index (χ0v) is 19.2. The second kappa shape index (κ2) is 10.3. The molecule has 0 amide bonds. The van der Waals surface area contributed by atoms with Crippen LogP contribution < -0.4 is 0 Å². The Bertz CT molecular complexity index is 907. The first kappa shape index (κ1) is 25.5. The van der Waals surface area contributed by atoms with Crippen LogP contribution in [0.1, 0.15) is 35.0 Å². The molecule has 11 heteroatoms. The molecule has 0 fully saturated rings. The third kappa shape index (κ3) is 5.21. The molecule has 31 heavy (non-hydrogen) atoms. The molecule has 0 saturated carbocycles. The van der Waals surface area contributed by atoms with Crippen molar-refractivity contribution in [1.29, 1.82) is 0 Å². The van der Waals surface area contributed by atoms with Crippen LogP contribution in [0.25, 0.3) is 0 Å². The van der Waals surface area contributed by atoms with Crippen molar-refractivity contribution >= 4 is 24.9 Å². The second-order valence-corrected chi connectivity index (χ2v) is 9.72. The van der Waals surface area contributed by atoms with E-state index in [1.165, 1.54) is 24.3 Å². The molecule has 0 spiro atoms. The van der Waals surface area contributed by atoms with E-state index in [2.05, 4.69) is 0 Å². The van der Waals surface area contributed by atoms with Crippen LogP contribution in [-0.4, -0.2) is 32.5 Å². The number of esters is 1. The minimum atomic E-state index is -5.17. The number of carbonyl (C=O) groups excluding carboxylic acids is 1. The van der Waals surface area contributed by atoms with Crippen molar-refractivity contribution in [1.82, 2.24) is 0 Å². The van der Waals surface area contributed by atoms with Gasteiger partial charge in [-0.15, -0.1) is 11.3 Å². The normalized spacial score (nSPS) is 15.3. The lowest BCUT2D eigenvalue weighted by Gasteiger charge is -2.34. The smallest absolute Gasteiger partial charge is 0.432 e. The summed E-state index contributed by atoms with van der Waals surface area (Å²) in [5, 5.41) is 0. The molecule has 0 aliphatic heterocycles. The van der Waals surface area contributed by atoms with Gasteiger partial charge in [-0.25, -0.2) is 4.79 Å². The molecule has 0 N–H and O–H groups in total. The maximum Gasteiger partial charge on any atom is 0.432 e. The van der Waals surface area contributed by atoms with E-state index >= 15 is 0 Å². The van der Waals surface area contributed by atoms with Gasteiger partial charge in [-0.2, -0.15) is 13.2 Å². The molecular weight excluding hydrogens is 456 g/mol. The van der Waals surface area contributed by atoms with E-state index in [9.17, 15) is 22.5 Å². The Morgan fingerprint density at radius 3 is 2.06 bits per heavy atom. The fraction of sp³-hybridized carbons (Fsp3) is 0.450. The Balaban J connectivity index is 2.60. The lowest BCUT2D eigenvalue weighted by atomic mass is 9.93. The number of carbonyl (C=O) groups is 1. The van der Waals surface area contributed by atoms with Crippen molar-refractivity contribution < 1.29 is 41.1 Å². The SMILES string of the molecule is CCOP(=O)(OCC)[C@H](OC(=O)[C@](OC)(c1ccccc1)C(F)(F)F)c1ccc(C)s1. The van der Waals surface area contributed by atoms with E-state index in [0.717, 1.165) is 35.5 Å². The fourth-order valence-corrected chi connectivity index (χ4v) is 5.99. The number of methoxy groups -OCH3 is 1. The molecular formula is C20H24F3O6PS. The summed E-state index contributed by atoms with van der Waals surface area (Å²) in [6.07, 6.45) is -5.17. The van der Waals surface area contributed by atoms with E-state index in [1.807, 2.05) is 0 Å². The third-order valence-electron chi connectivity index (χ3n) is 4.30. The van der Waals surface area contributed by atoms with Gasteiger partial charge in [0, 0.05) is 17.6 Å². The van der Waals surface area contributed by atoms with Gasteiger partial charge in [-0.1, -0.05) is 30.3 Å². The molecule has 2 aromatic rings. The van der Waals surface area contributed by atoms with Crippen LogP contribution in [0.4, 0.5) is 13.2 Å². The number of alkyl halides is 3. The van der Waals surface area contributed by atoms with Crippen LogP contribution >= 0.6 is 18.9 Å². The zero-order chi connectivity index (χ0) is 23.3. The van der Waals surface area contributed by atoms with Gasteiger partial charge in [0.2, 0.25) is 5.85 Å². The van der Waals surface area contributed by atoms with Crippen LogP contribution in [0.15, 0.2) is 42.5 Å². The number of hydrogen-bond acceptors (Lipinski definition) is 7. The molecule has 1 aromatic heterocycles. The van der Waals surface area contributed by atoms with Gasteiger partial charge < -0.3 is 18.5 Å². The Labute approximate surface area is 182 Å². The molecule has 1 aromatic carbocycles. The Kier molecular flexibility index (Phi) is 8.47. The summed E-state index contributed by atoms with van der Waals surface area (Å²) in [7, 11) is -3.41. The molecule has 0 saturated heterocycles. The van der Waals surface area contributed by atoms with Crippen LogP contribution in [0.5, 0.6) is 0 Å². The molecule has 2 atom stereocenters. The third-order valence-corrected chi connectivity index (χ3v) is 7.71. The summed E-state index contributed by atoms with van der Waals surface area (Å²) < 4.78 is 76.6. The van der Waals surface area contributed by atoms with Crippen LogP contribution in [0.3, 0.4) is 0 Å². The van der Waals surface area contributed by atoms with Crippen LogP contribution in [-0.2, 0) is 33.5 Å². The predicted octanol–water partition coefficient (Wildman–Crippen LogP) is 5.97.